The van der Waals surface area contributed by atoms with Crippen molar-refractivity contribution in [2.45, 2.75) is 19.1 Å². The van der Waals surface area contributed by atoms with E-state index in [4.69, 9.17) is 9.47 Å². The topological polar surface area (TPSA) is 72.9 Å². The number of benzene rings is 1. The highest BCUT2D eigenvalue weighted by atomic mass is 16.6. The Morgan fingerprint density at radius 1 is 1.35 bits per heavy atom. The van der Waals surface area contributed by atoms with Gasteiger partial charge < -0.3 is 9.47 Å². The molecule has 1 saturated heterocycles. The number of ether oxygens (including phenoxy) is 2. The van der Waals surface area contributed by atoms with Crippen molar-refractivity contribution in [3.05, 3.63) is 48.6 Å². The summed E-state index contributed by atoms with van der Waals surface area (Å²) in [5, 5.41) is 0. The van der Waals surface area contributed by atoms with Crippen LogP contribution in [0.15, 0.2) is 43.0 Å². The molecule has 0 radical (unpaired) electrons. The molecule has 0 spiro atoms. The fourth-order valence-electron chi connectivity index (χ4n) is 2.61. The number of hydrogen-bond donors (Lipinski definition) is 0. The number of rotatable bonds is 5. The quantitative estimate of drug-likeness (QED) is 0.613. The molecule has 1 aliphatic rings. The van der Waals surface area contributed by atoms with Gasteiger partial charge in [-0.1, -0.05) is 36.4 Å². The Bertz CT molecular complexity index is 598. The molecule has 1 aromatic rings. The third-order valence-corrected chi connectivity index (χ3v) is 3.76. The zero-order valence-corrected chi connectivity index (χ0v) is 12.9. The standard InChI is InChI=1S/C17H19NO5/c1-3-7-13-14(19)10-18(15(13)16(20)22-2)17(21)23-11-12-8-5-4-6-9-12/h3-6,8-9,13,15H,1,7,10-11H2,2H3/t13?,15-/m0/s1. The molecule has 6 nitrogen and oxygen atoms in total. The minimum Gasteiger partial charge on any atom is -0.467 e. The zero-order chi connectivity index (χ0) is 16.8. The number of ketones is 1. The Hall–Kier alpha value is -2.63. The molecule has 6 heteroatoms. The van der Waals surface area contributed by atoms with Gasteiger partial charge in [0.2, 0.25) is 0 Å². The summed E-state index contributed by atoms with van der Waals surface area (Å²) < 4.78 is 9.94. The van der Waals surface area contributed by atoms with Crippen molar-refractivity contribution in [1.29, 1.82) is 0 Å². The monoisotopic (exact) mass is 317 g/mol. The van der Waals surface area contributed by atoms with Crippen molar-refractivity contribution in [3.63, 3.8) is 0 Å². The Kier molecular flexibility index (Phi) is 5.51. The van der Waals surface area contributed by atoms with E-state index in [9.17, 15) is 14.4 Å². The molecule has 122 valence electrons. The number of nitrogens with zero attached hydrogens (tertiary/aromatic N) is 1. The van der Waals surface area contributed by atoms with Gasteiger partial charge in [0, 0.05) is 0 Å². The summed E-state index contributed by atoms with van der Waals surface area (Å²) in [5.41, 5.74) is 0.823. The normalized spacial score (nSPS) is 20.2. The summed E-state index contributed by atoms with van der Waals surface area (Å²) >= 11 is 0. The first-order valence-corrected chi connectivity index (χ1v) is 7.27. The molecule has 1 unspecified atom stereocenters. The average Bonchev–Trinajstić information content (AvgIpc) is 2.90. The lowest BCUT2D eigenvalue weighted by atomic mass is 9.96. The van der Waals surface area contributed by atoms with Crippen molar-refractivity contribution in [2.24, 2.45) is 5.92 Å². The predicted molar refractivity (Wildman–Crippen MR) is 82.4 cm³/mol. The zero-order valence-electron chi connectivity index (χ0n) is 12.9. The highest BCUT2D eigenvalue weighted by Gasteiger charge is 2.48. The molecule has 2 atom stereocenters. The van der Waals surface area contributed by atoms with Crippen LogP contribution in [0.2, 0.25) is 0 Å². The maximum Gasteiger partial charge on any atom is 0.411 e. The number of amides is 1. The highest BCUT2D eigenvalue weighted by Crippen LogP contribution is 2.26. The van der Waals surface area contributed by atoms with Gasteiger partial charge in [-0.25, -0.2) is 9.59 Å². The van der Waals surface area contributed by atoms with Crippen LogP contribution in [0.25, 0.3) is 0 Å². The largest absolute Gasteiger partial charge is 0.467 e. The van der Waals surface area contributed by atoms with E-state index in [-0.39, 0.29) is 18.9 Å². The van der Waals surface area contributed by atoms with E-state index in [2.05, 4.69) is 6.58 Å². The smallest absolute Gasteiger partial charge is 0.411 e. The first-order valence-electron chi connectivity index (χ1n) is 7.27. The molecule has 1 aromatic carbocycles. The van der Waals surface area contributed by atoms with E-state index in [1.54, 1.807) is 6.08 Å². The summed E-state index contributed by atoms with van der Waals surface area (Å²) in [6, 6.07) is 8.20. The van der Waals surface area contributed by atoms with Crippen molar-refractivity contribution in [2.75, 3.05) is 13.7 Å². The van der Waals surface area contributed by atoms with Crippen LogP contribution in [0, 0.1) is 5.92 Å². The summed E-state index contributed by atoms with van der Waals surface area (Å²) in [6.07, 6.45) is 1.16. The maximum atomic E-state index is 12.3. The molecule has 1 heterocycles. The first-order chi connectivity index (χ1) is 11.1. The van der Waals surface area contributed by atoms with Gasteiger partial charge in [-0.15, -0.1) is 6.58 Å². The van der Waals surface area contributed by atoms with E-state index >= 15 is 0 Å². The van der Waals surface area contributed by atoms with Crippen LogP contribution in [0.4, 0.5) is 4.79 Å². The van der Waals surface area contributed by atoms with Gasteiger partial charge in [0.1, 0.15) is 12.6 Å². The second-order valence-corrected chi connectivity index (χ2v) is 5.23. The number of Topliss-reactive ketones (excluding diaryl/α,β-unsaturated/α-hetero) is 1. The Labute approximate surface area is 134 Å². The molecule has 0 bridgehead atoms. The van der Waals surface area contributed by atoms with Crippen LogP contribution >= 0.6 is 0 Å². The molecule has 1 aliphatic heterocycles. The molecule has 0 saturated carbocycles. The minimum absolute atomic E-state index is 0.0738. The molecule has 0 aromatic heterocycles. The van der Waals surface area contributed by atoms with Gasteiger partial charge in [-0.2, -0.15) is 0 Å². The van der Waals surface area contributed by atoms with Crippen molar-refractivity contribution in [1.82, 2.24) is 4.90 Å². The fraction of sp³-hybridized carbons (Fsp3) is 0.353. The first kappa shape index (κ1) is 16.7. The number of likely N-dealkylation sites (tertiary alicyclic amines) is 1. The summed E-state index contributed by atoms with van der Waals surface area (Å²) in [5.74, 6) is -1.46. The van der Waals surface area contributed by atoms with E-state index < -0.39 is 24.0 Å². The Morgan fingerprint density at radius 2 is 2.04 bits per heavy atom. The van der Waals surface area contributed by atoms with Crippen LogP contribution in [0.5, 0.6) is 0 Å². The molecular weight excluding hydrogens is 298 g/mol. The van der Waals surface area contributed by atoms with Crippen LogP contribution in [-0.4, -0.2) is 42.4 Å². The Balaban J connectivity index is 2.09. The third kappa shape index (κ3) is 3.77. The lowest BCUT2D eigenvalue weighted by Gasteiger charge is -2.23. The summed E-state index contributed by atoms with van der Waals surface area (Å²) in [4.78, 5) is 37.4. The maximum absolute atomic E-state index is 12.3. The summed E-state index contributed by atoms with van der Waals surface area (Å²) in [6.45, 7) is 3.50. The molecule has 23 heavy (non-hydrogen) atoms. The fourth-order valence-corrected chi connectivity index (χ4v) is 2.61. The van der Waals surface area contributed by atoms with E-state index in [1.165, 1.54) is 7.11 Å². The second-order valence-electron chi connectivity index (χ2n) is 5.23. The number of methoxy groups -OCH3 is 1. The van der Waals surface area contributed by atoms with Crippen molar-refractivity contribution >= 4 is 17.8 Å². The highest BCUT2D eigenvalue weighted by molar-refractivity contribution is 5.97. The van der Waals surface area contributed by atoms with Crippen LogP contribution in [0.1, 0.15) is 12.0 Å². The van der Waals surface area contributed by atoms with E-state index in [0.717, 1.165) is 10.5 Å². The van der Waals surface area contributed by atoms with E-state index in [1.807, 2.05) is 30.3 Å². The van der Waals surface area contributed by atoms with Gasteiger partial charge in [0.15, 0.2) is 5.78 Å². The van der Waals surface area contributed by atoms with Gasteiger partial charge in [0.25, 0.3) is 0 Å². The van der Waals surface area contributed by atoms with Gasteiger partial charge >= 0.3 is 12.1 Å². The van der Waals surface area contributed by atoms with E-state index in [0.29, 0.717) is 6.42 Å². The molecule has 0 N–H and O–H groups in total. The number of carbonyl (C=O) groups excluding carboxylic acids is 3. The number of hydrogen-bond acceptors (Lipinski definition) is 5. The SMILES string of the molecule is C=CCC1C(=O)CN(C(=O)OCc2ccccc2)[C@@H]1C(=O)OC. The molecule has 1 fully saturated rings. The summed E-state index contributed by atoms with van der Waals surface area (Å²) in [7, 11) is 1.23. The lowest BCUT2D eigenvalue weighted by Crippen LogP contribution is -2.44. The average molecular weight is 317 g/mol. The van der Waals surface area contributed by atoms with Gasteiger partial charge in [0.05, 0.1) is 19.6 Å². The third-order valence-electron chi connectivity index (χ3n) is 3.76. The number of carbonyl (C=O) groups is 3. The Morgan fingerprint density at radius 3 is 2.65 bits per heavy atom. The van der Waals surface area contributed by atoms with Crippen LogP contribution < -0.4 is 0 Å². The molecule has 0 aliphatic carbocycles. The minimum atomic E-state index is -0.964. The molecular formula is C17H19NO5. The molecule has 2 rings (SSSR count). The number of esters is 1. The van der Waals surface area contributed by atoms with Crippen molar-refractivity contribution < 1.29 is 23.9 Å². The van der Waals surface area contributed by atoms with Crippen molar-refractivity contribution in [3.8, 4) is 0 Å². The van der Waals surface area contributed by atoms with Gasteiger partial charge in [-0.3, -0.25) is 9.69 Å². The lowest BCUT2D eigenvalue weighted by molar-refractivity contribution is -0.147. The molecule has 1 amide bonds. The predicted octanol–water partition coefficient (Wildman–Crippen LogP) is 1.94. The number of allylic oxidation sites excluding steroid dienone is 1. The van der Waals surface area contributed by atoms with Crippen LogP contribution in [0.3, 0.4) is 0 Å². The second kappa shape index (κ2) is 7.58. The van der Waals surface area contributed by atoms with Gasteiger partial charge in [-0.05, 0) is 12.0 Å². The van der Waals surface area contributed by atoms with Crippen LogP contribution in [-0.2, 0) is 25.7 Å².